The Hall–Kier alpha value is -1.28. The van der Waals surface area contributed by atoms with Crippen LogP contribution < -0.4 is 10.2 Å². The summed E-state index contributed by atoms with van der Waals surface area (Å²) in [5.41, 5.74) is 0. The van der Waals surface area contributed by atoms with E-state index < -0.39 is 20.0 Å². The molecule has 510 valence electrons. The number of carbonyl (C=O) groups is 1. The minimum absolute atomic E-state index is 0.00141. The van der Waals surface area contributed by atoms with E-state index in [0.29, 0.717) is 17.4 Å². The molecule has 0 saturated heterocycles. The summed E-state index contributed by atoms with van der Waals surface area (Å²) in [6, 6.07) is -0.887. The third-order valence-corrected chi connectivity index (χ3v) is 18.8. The molecule has 0 aliphatic heterocycles. The number of hydrogen-bond acceptors (Lipinski definition) is 6. The number of rotatable bonds is 72. The van der Waals surface area contributed by atoms with E-state index in [1.165, 1.54) is 334 Å². The summed E-state index contributed by atoms with van der Waals surface area (Å²) in [7, 11) is 1.28. The minimum Gasteiger partial charge on any atom is -0.756 e. The molecule has 0 spiro atoms. The first-order chi connectivity index (χ1) is 42.0. The van der Waals surface area contributed by atoms with Crippen LogP contribution in [0.15, 0.2) is 36.5 Å². The van der Waals surface area contributed by atoms with Crippen molar-refractivity contribution in [3.8, 4) is 0 Å². The first-order valence-electron chi connectivity index (χ1n) is 38.4. The molecule has 8 nitrogen and oxygen atoms in total. The predicted molar refractivity (Wildman–Crippen MR) is 376 cm³/mol. The number of phosphoric ester groups is 1. The summed E-state index contributed by atoms with van der Waals surface area (Å²) in [4.78, 5) is 25.7. The van der Waals surface area contributed by atoms with E-state index in [1.807, 2.05) is 27.2 Å². The van der Waals surface area contributed by atoms with Crippen LogP contribution in [0.1, 0.15) is 399 Å². The number of likely N-dealkylation sites (N-methyl/N-ethyl adjacent to an activating group) is 1. The number of aliphatic hydroxyl groups excluding tert-OH is 1. The van der Waals surface area contributed by atoms with Gasteiger partial charge in [-0.1, -0.05) is 378 Å². The highest BCUT2D eigenvalue weighted by Gasteiger charge is 2.23. The largest absolute Gasteiger partial charge is 0.756 e. The fourth-order valence-corrected chi connectivity index (χ4v) is 12.6. The van der Waals surface area contributed by atoms with Gasteiger partial charge in [-0.05, 0) is 51.4 Å². The lowest BCUT2D eigenvalue weighted by Gasteiger charge is -2.29. The van der Waals surface area contributed by atoms with E-state index in [9.17, 15) is 19.4 Å². The average molecular weight is 1230 g/mol. The van der Waals surface area contributed by atoms with E-state index in [2.05, 4.69) is 43.5 Å². The number of unbranched alkanes of at least 4 members (excludes halogenated alkanes) is 55. The van der Waals surface area contributed by atoms with Crippen molar-refractivity contribution in [2.45, 2.75) is 411 Å². The van der Waals surface area contributed by atoms with Gasteiger partial charge in [-0.15, -0.1) is 0 Å². The molecule has 0 radical (unpaired) electrons. The number of hydrogen-bond donors (Lipinski definition) is 2. The van der Waals surface area contributed by atoms with Gasteiger partial charge in [0, 0.05) is 6.42 Å². The van der Waals surface area contributed by atoms with Crippen molar-refractivity contribution in [1.29, 1.82) is 0 Å². The first kappa shape index (κ1) is 84.7. The maximum atomic E-state index is 13.1. The zero-order chi connectivity index (χ0) is 62.6. The van der Waals surface area contributed by atoms with Gasteiger partial charge in [0.15, 0.2) is 0 Å². The van der Waals surface area contributed by atoms with Gasteiger partial charge in [0.05, 0.1) is 39.9 Å². The van der Waals surface area contributed by atoms with Crippen molar-refractivity contribution in [3.63, 3.8) is 0 Å². The molecule has 9 heteroatoms. The van der Waals surface area contributed by atoms with Crippen molar-refractivity contribution in [3.05, 3.63) is 36.5 Å². The fraction of sp³-hybridized carbons (Fsp3) is 0.909. The van der Waals surface area contributed by atoms with Gasteiger partial charge in [-0.2, -0.15) is 0 Å². The summed E-state index contributed by atoms with van der Waals surface area (Å²) in [6.07, 6.45) is 91.5. The number of quaternary nitrogens is 1. The Morgan fingerprint density at radius 2 is 0.674 bits per heavy atom. The number of aliphatic hydroxyl groups is 1. The molecule has 0 aliphatic rings. The van der Waals surface area contributed by atoms with Crippen LogP contribution in [0.5, 0.6) is 0 Å². The number of nitrogens with one attached hydrogen (secondary N) is 1. The van der Waals surface area contributed by atoms with Gasteiger partial charge in [-0.3, -0.25) is 9.36 Å². The third kappa shape index (κ3) is 70.2. The molecule has 3 atom stereocenters. The van der Waals surface area contributed by atoms with Crippen LogP contribution in [0.25, 0.3) is 0 Å². The zero-order valence-electron chi connectivity index (χ0n) is 58.5. The van der Waals surface area contributed by atoms with Gasteiger partial charge in [0.25, 0.3) is 7.82 Å². The van der Waals surface area contributed by atoms with Crippen molar-refractivity contribution in [2.24, 2.45) is 0 Å². The normalized spacial score (nSPS) is 13.7. The van der Waals surface area contributed by atoms with Crippen molar-refractivity contribution >= 4 is 13.7 Å². The molecule has 1 amide bonds. The lowest BCUT2D eigenvalue weighted by atomic mass is 10.0. The number of amides is 1. The van der Waals surface area contributed by atoms with Gasteiger partial charge in [-0.25, -0.2) is 0 Å². The molecule has 0 heterocycles. The molecule has 0 saturated carbocycles. The van der Waals surface area contributed by atoms with E-state index >= 15 is 0 Å². The quantitative estimate of drug-likeness (QED) is 0.0272. The van der Waals surface area contributed by atoms with Gasteiger partial charge >= 0.3 is 0 Å². The smallest absolute Gasteiger partial charge is 0.268 e. The van der Waals surface area contributed by atoms with Crippen LogP contribution in [0.3, 0.4) is 0 Å². The lowest BCUT2D eigenvalue weighted by Crippen LogP contribution is -2.45. The van der Waals surface area contributed by atoms with E-state index in [1.54, 1.807) is 6.08 Å². The van der Waals surface area contributed by atoms with Crippen LogP contribution in [0.2, 0.25) is 0 Å². The lowest BCUT2D eigenvalue weighted by molar-refractivity contribution is -0.870. The van der Waals surface area contributed by atoms with Crippen LogP contribution >= 0.6 is 7.82 Å². The highest BCUT2D eigenvalue weighted by atomic mass is 31.2. The second-order valence-corrected chi connectivity index (χ2v) is 29.1. The molecule has 2 N–H and O–H groups in total. The maximum absolute atomic E-state index is 13.1. The van der Waals surface area contributed by atoms with Gasteiger partial charge in [0.1, 0.15) is 13.2 Å². The fourth-order valence-electron chi connectivity index (χ4n) is 11.9. The molecule has 0 aromatic carbocycles. The van der Waals surface area contributed by atoms with Crippen molar-refractivity contribution in [2.75, 3.05) is 40.9 Å². The Labute approximate surface area is 537 Å². The topological polar surface area (TPSA) is 108 Å². The van der Waals surface area contributed by atoms with Crippen LogP contribution in [-0.4, -0.2) is 68.5 Å². The second-order valence-electron chi connectivity index (χ2n) is 27.7. The average Bonchev–Trinajstić information content (AvgIpc) is 3.70. The summed E-state index contributed by atoms with van der Waals surface area (Å²) in [5.74, 6) is -0.189. The highest BCUT2D eigenvalue weighted by molar-refractivity contribution is 7.45. The van der Waals surface area contributed by atoms with Crippen LogP contribution in [-0.2, 0) is 18.4 Å². The van der Waals surface area contributed by atoms with Crippen molar-refractivity contribution in [1.82, 2.24) is 5.32 Å². The van der Waals surface area contributed by atoms with Crippen LogP contribution in [0, 0.1) is 0 Å². The van der Waals surface area contributed by atoms with Gasteiger partial charge in [0.2, 0.25) is 5.91 Å². The monoisotopic (exact) mass is 1230 g/mol. The maximum Gasteiger partial charge on any atom is 0.268 e. The number of phosphoric acid groups is 1. The summed E-state index contributed by atoms with van der Waals surface area (Å²) in [6.45, 7) is 4.71. The summed E-state index contributed by atoms with van der Waals surface area (Å²) < 4.78 is 23.5. The molecule has 86 heavy (non-hydrogen) atoms. The molecule has 0 bridgehead atoms. The van der Waals surface area contributed by atoms with Crippen LogP contribution in [0.4, 0.5) is 0 Å². The summed E-state index contributed by atoms with van der Waals surface area (Å²) in [5, 5.41) is 14.0. The Balaban J connectivity index is 3.98. The molecular formula is C77H151N2O6P. The number of nitrogens with zero attached hydrogens (tertiary/aromatic N) is 1. The third-order valence-electron chi connectivity index (χ3n) is 17.8. The predicted octanol–water partition coefficient (Wildman–Crippen LogP) is 24.2. The zero-order valence-corrected chi connectivity index (χ0v) is 59.4. The Kier molecular flexibility index (Phi) is 67.1. The van der Waals surface area contributed by atoms with Gasteiger partial charge < -0.3 is 28.8 Å². The molecule has 0 fully saturated rings. The standard InChI is InChI=1S/C77H151N2O6P/c1-6-8-10-12-14-16-18-20-22-24-26-28-30-32-34-36-38-39-41-43-45-47-49-51-53-55-57-59-61-63-65-67-69-71-77(81)78-75(74-85-86(82,83)84-73-72-79(3,4)5)76(80)70-68-66-64-62-60-58-56-54-52-50-48-46-44-42-40-37-35-33-31-29-27-25-23-21-19-17-15-13-11-9-7-2/h18,20,24,26,68,70,75-76,80H,6-17,19,21-23,25,27-67,69,71-74H2,1-5H3,(H-,78,81,82,83)/b20-18-,26-24-,70-68+. The van der Waals surface area contributed by atoms with E-state index in [-0.39, 0.29) is 19.1 Å². The molecule has 0 aliphatic carbocycles. The molecule has 3 unspecified atom stereocenters. The number of allylic oxidation sites excluding steroid dienone is 5. The SMILES string of the molecule is CCCCCCC/C=C\C/C=C\CCCCCCCCCCCCCCCCCCCCCCCC(=O)NC(COP(=O)([O-])OCC[N+](C)(C)C)C(O)/C=C/CCCCCCCCCCCCCCCCCCCCCCCCCCCCCCC. The Bertz CT molecular complexity index is 1500. The highest BCUT2D eigenvalue weighted by Crippen LogP contribution is 2.38. The minimum atomic E-state index is -4.60. The number of carbonyl (C=O) groups excluding carboxylic acids is 1. The molecule has 0 aromatic heterocycles. The Morgan fingerprint density at radius 3 is 0.965 bits per heavy atom. The molecular weight excluding hydrogens is 1080 g/mol. The first-order valence-corrected chi connectivity index (χ1v) is 39.8. The molecule has 0 rings (SSSR count). The van der Waals surface area contributed by atoms with E-state index in [4.69, 9.17) is 9.05 Å². The van der Waals surface area contributed by atoms with E-state index in [0.717, 1.165) is 44.9 Å². The second kappa shape index (κ2) is 68.1. The molecule has 0 aromatic rings. The summed E-state index contributed by atoms with van der Waals surface area (Å²) >= 11 is 0. The Morgan fingerprint density at radius 1 is 0.407 bits per heavy atom. The van der Waals surface area contributed by atoms with Crippen molar-refractivity contribution < 1.29 is 32.9 Å².